The van der Waals surface area contributed by atoms with Gasteiger partial charge in [0.05, 0.1) is 5.56 Å². The van der Waals surface area contributed by atoms with Gasteiger partial charge in [-0.05, 0) is 34.0 Å². The molecule has 0 saturated heterocycles. The summed E-state index contributed by atoms with van der Waals surface area (Å²) in [5.41, 5.74) is 2.79. The van der Waals surface area contributed by atoms with E-state index in [1.54, 1.807) is 13.0 Å². The molecule has 3 rings (SSSR count). The fraction of sp³-hybridized carbons (Fsp3) is 0.150. The van der Waals surface area contributed by atoms with E-state index >= 15 is 0 Å². The summed E-state index contributed by atoms with van der Waals surface area (Å²) in [6.07, 6.45) is 0. The van der Waals surface area contributed by atoms with E-state index in [9.17, 15) is 4.79 Å². The zero-order chi connectivity index (χ0) is 16.9. The van der Waals surface area contributed by atoms with Crippen LogP contribution < -0.4 is 0 Å². The molecule has 0 atom stereocenters. The number of benzene rings is 2. The third kappa shape index (κ3) is 3.95. The highest BCUT2D eigenvalue weighted by molar-refractivity contribution is 9.10. The number of amides is 1. The molecule has 0 bridgehead atoms. The third-order valence-corrected chi connectivity index (χ3v) is 4.23. The van der Waals surface area contributed by atoms with Gasteiger partial charge in [0.25, 0.3) is 5.91 Å². The summed E-state index contributed by atoms with van der Waals surface area (Å²) in [6.45, 7) is 2.91. The molecular formula is C20H18BrNO2. The van der Waals surface area contributed by atoms with Crippen molar-refractivity contribution in [3.63, 3.8) is 0 Å². The number of hydrogen-bond acceptors (Lipinski definition) is 2. The molecule has 3 aromatic rings. The second-order valence-corrected chi connectivity index (χ2v) is 6.43. The SMILES string of the molecule is Cc1oc(Br)cc1C(=O)N(Cc1ccccc1)Cc1ccccc1. The number of halogens is 1. The van der Waals surface area contributed by atoms with E-state index in [1.165, 1.54) is 0 Å². The van der Waals surface area contributed by atoms with Gasteiger partial charge in [0.2, 0.25) is 0 Å². The molecule has 122 valence electrons. The van der Waals surface area contributed by atoms with E-state index < -0.39 is 0 Å². The summed E-state index contributed by atoms with van der Waals surface area (Å²) in [4.78, 5) is 14.9. The van der Waals surface area contributed by atoms with E-state index in [2.05, 4.69) is 15.9 Å². The Bertz CT molecular complexity index is 771. The standard InChI is InChI=1S/C20H18BrNO2/c1-15-18(12-19(21)24-15)20(23)22(13-16-8-4-2-5-9-16)14-17-10-6-3-7-11-17/h2-12H,13-14H2,1H3. The molecule has 0 saturated carbocycles. The predicted molar refractivity (Wildman–Crippen MR) is 97.6 cm³/mol. The van der Waals surface area contributed by atoms with Gasteiger partial charge >= 0.3 is 0 Å². The summed E-state index contributed by atoms with van der Waals surface area (Å²) >= 11 is 3.30. The first-order valence-corrected chi connectivity index (χ1v) is 8.56. The van der Waals surface area contributed by atoms with Crippen LogP contribution in [0.2, 0.25) is 0 Å². The molecule has 0 fully saturated rings. The molecular weight excluding hydrogens is 366 g/mol. The highest BCUT2D eigenvalue weighted by atomic mass is 79.9. The average Bonchev–Trinajstić information content (AvgIpc) is 2.94. The topological polar surface area (TPSA) is 33.5 Å². The van der Waals surface area contributed by atoms with Crippen LogP contribution in [0.3, 0.4) is 0 Å². The Kier molecular flexibility index (Phi) is 5.16. The second kappa shape index (κ2) is 7.49. The minimum atomic E-state index is -0.0327. The maximum Gasteiger partial charge on any atom is 0.258 e. The molecule has 0 radical (unpaired) electrons. The number of hydrogen-bond donors (Lipinski definition) is 0. The summed E-state index contributed by atoms with van der Waals surface area (Å²) in [6, 6.07) is 21.8. The normalized spacial score (nSPS) is 10.6. The number of carbonyl (C=O) groups is 1. The minimum absolute atomic E-state index is 0.0327. The maximum atomic E-state index is 13.0. The highest BCUT2D eigenvalue weighted by Gasteiger charge is 2.21. The van der Waals surface area contributed by atoms with Crippen LogP contribution in [0.1, 0.15) is 27.2 Å². The Balaban J connectivity index is 1.89. The van der Waals surface area contributed by atoms with E-state index in [1.807, 2.05) is 65.6 Å². The van der Waals surface area contributed by atoms with Crippen molar-refractivity contribution in [2.45, 2.75) is 20.0 Å². The number of rotatable bonds is 5. The van der Waals surface area contributed by atoms with Crippen molar-refractivity contribution in [1.82, 2.24) is 4.90 Å². The first-order chi connectivity index (χ1) is 11.6. The Morgan fingerprint density at radius 3 is 1.88 bits per heavy atom. The van der Waals surface area contributed by atoms with Crippen molar-refractivity contribution in [1.29, 1.82) is 0 Å². The molecule has 0 aliphatic heterocycles. The molecule has 24 heavy (non-hydrogen) atoms. The van der Waals surface area contributed by atoms with Crippen molar-refractivity contribution in [3.05, 3.63) is 93.9 Å². The van der Waals surface area contributed by atoms with Crippen LogP contribution in [0.25, 0.3) is 0 Å². The molecule has 3 nitrogen and oxygen atoms in total. The van der Waals surface area contributed by atoms with Gasteiger partial charge in [-0.25, -0.2) is 0 Å². The Morgan fingerprint density at radius 2 is 1.46 bits per heavy atom. The van der Waals surface area contributed by atoms with Gasteiger partial charge in [0.15, 0.2) is 4.67 Å². The monoisotopic (exact) mass is 383 g/mol. The zero-order valence-corrected chi connectivity index (χ0v) is 15.0. The first kappa shape index (κ1) is 16.5. The molecule has 0 unspecified atom stereocenters. The maximum absolute atomic E-state index is 13.0. The Labute approximate surface area is 150 Å². The van der Waals surface area contributed by atoms with E-state index in [0.29, 0.717) is 29.1 Å². The molecule has 1 amide bonds. The van der Waals surface area contributed by atoms with Gasteiger partial charge in [0, 0.05) is 19.2 Å². The largest absolute Gasteiger partial charge is 0.454 e. The minimum Gasteiger partial charge on any atom is -0.454 e. The lowest BCUT2D eigenvalue weighted by molar-refractivity contribution is 0.0728. The van der Waals surface area contributed by atoms with Gasteiger partial charge in [-0.15, -0.1) is 0 Å². The summed E-state index contributed by atoms with van der Waals surface area (Å²) in [5.74, 6) is 0.590. The number of furan rings is 1. The highest BCUT2D eigenvalue weighted by Crippen LogP contribution is 2.23. The van der Waals surface area contributed by atoms with Crippen LogP contribution in [-0.2, 0) is 13.1 Å². The van der Waals surface area contributed by atoms with Crippen LogP contribution in [0, 0.1) is 6.92 Å². The first-order valence-electron chi connectivity index (χ1n) is 7.76. The molecule has 0 spiro atoms. The van der Waals surface area contributed by atoms with Gasteiger partial charge in [-0.2, -0.15) is 0 Å². The number of aryl methyl sites for hydroxylation is 1. The van der Waals surface area contributed by atoms with Crippen molar-refractivity contribution >= 4 is 21.8 Å². The van der Waals surface area contributed by atoms with Crippen LogP contribution in [-0.4, -0.2) is 10.8 Å². The number of nitrogens with zero attached hydrogens (tertiary/aromatic N) is 1. The average molecular weight is 384 g/mol. The van der Waals surface area contributed by atoms with Gasteiger partial charge in [-0.1, -0.05) is 60.7 Å². The molecule has 1 heterocycles. The lowest BCUT2D eigenvalue weighted by atomic mass is 10.1. The van der Waals surface area contributed by atoms with Crippen molar-refractivity contribution in [2.24, 2.45) is 0 Å². The second-order valence-electron chi connectivity index (χ2n) is 5.65. The summed E-state index contributed by atoms with van der Waals surface area (Å²) in [7, 11) is 0. The molecule has 0 aliphatic rings. The summed E-state index contributed by atoms with van der Waals surface area (Å²) in [5, 5.41) is 0. The quantitative estimate of drug-likeness (QED) is 0.606. The Hall–Kier alpha value is -2.33. The van der Waals surface area contributed by atoms with Crippen LogP contribution in [0.15, 0.2) is 75.8 Å². The predicted octanol–water partition coefficient (Wildman–Crippen LogP) is 5.19. The summed E-state index contributed by atoms with van der Waals surface area (Å²) < 4.78 is 6.03. The third-order valence-electron chi connectivity index (χ3n) is 3.84. The molecule has 2 aromatic carbocycles. The molecule has 1 aromatic heterocycles. The van der Waals surface area contributed by atoms with Crippen LogP contribution >= 0.6 is 15.9 Å². The van der Waals surface area contributed by atoms with E-state index in [0.717, 1.165) is 11.1 Å². The Morgan fingerprint density at radius 1 is 0.958 bits per heavy atom. The van der Waals surface area contributed by atoms with Crippen molar-refractivity contribution in [3.8, 4) is 0 Å². The zero-order valence-electron chi connectivity index (χ0n) is 13.4. The lowest BCUT2D eigenvalue weighted by Gasteiger charge is -2.23. The van der Waals surface area contributed by atoms with Crippen LogP contribution in [0.5, 0.6) is 0 Å². The van der Waals surface area contributed by atoms with E-state index in [-0.39, 0.29) is 5.91 Å². The van der Waals surface area contributed by atoms with Crippen LogP contribution in [0.4, 0.5) is 0 Å². The fourth-order valence-corrected chi connectivity index (χ4v) is 3.11. The fourth-order valence-electron chi connectivity index (χ4n) is 2.64. The molecule has 4 heteroatoms. The molecule has 0 aliphatic carbocycles. The van der Waals surface area contributed by atoms with Gasteiger partial charge in [-0.3, -0.25) is 4.79 Å². The molecule has 0 N–H and O–H groups in total. The lowest BCUT2D eigenvalue weighted by Crippen LogP contribution is -2.30. The number of carbonyl (C=O) groups excluding carboxylic acids is 1. The van der Waals surface area contributed by atoms with Gasteiger partial charge < -0.3 is 9.32 Å². The van der Waals surface area contributed by atoms with Gasteiger partial charge in [0.1, 0.15) is 5.76 Å². The smallest absolute Gasteiger partial charge is 0.258 e. The van der Waals surface area contributed by atoms with E-state index in [4.69, 9.17) is 4.42 Å². The van der Waals surface area contributed by atoms with Crippen molar-refractivity contribution < 1.29 is 9.21 Å². The van der Waals surface area contributed by atoms with Crippen molar-refractivity contribution in [2.75, 3.05) is 0 Å².